The molecule has 5 nitrogen and oxygen atoms in total. The van der Waals surface area contributed by atoms with Gasteiger partial charge in [0.15, 0.2) is 0 Å². The smallest absolute Gasteiger partial charge is 0.269 e. The van der Waals surface area contributed by atoms with E-state index in [1.807, 2.05) is 18.2 Å². The van der Waals surface area contributed by atoms with Crippen LogP contribution in [0.2, 0.25) is 0 Å². The highest BCUT2D eigenvalue weighted by atomic mass is 16.6. The monoisotopic (exact) mass is 259 g/mol. The van der Waals surface area contributed by atoms with Crippen LogP contribution in [0.1, 0.15) is 5.56 Å². The highest BCUT2D eigenvalue weighted by molar-refractivity contribution is 5.34. The molecule has 0 aliphatic carbocycles. The lowest BCUT2D eigenvalue weighted by atomic mass is 10.2. The Labute approximate surface area is 110 Å². The number of ether oxygens (including phenoxy) is 2. The van der Waals surface area contributed by atoms with E-state index in [0.29, 0.717) is 12.4 Å². The molecule has 0 N–H and O–H groups in total. The van der Waals surface area contributed by atoms with Gasteiger partial charge in [-0.05, 0) is 29.8 Å². The van der Waals surface area contributed by atoms with Gasteiger partial charge in [0.1, 0.15) is 18.1 Å². The summed E-state index contributed by atoms with van der Waals surface area (Å²) in [6, 6.07) is 13.6. The zero-order valence-electron chi connectivity index (χ0n) is 10.4. The van der Waals surface area contributed by atoms with Crippen LogP contribution in [0.5, 0.6) is 11.5 Å². The molecule has 0 saturated carbocycles. The summed E-state index contributed by atoms with van der Waals surface area (Å²) in [6.07, 6.45) is 0. The molecular weight excluding hydrogens is 246 g/mol. The van der Waals surface area contributed by atoms with Crippen LogP contribution in [0, 0.1) is 10.1 Å². The van der Waals surface area contributed by atoms with Gasteiger partial charge in [-0.3, -0.25) is 10.1 Å². The number of hydrogen-bond acceptors (Lipinski definition) is 4. The number of hydrogen-bond donors (Lipinski definition) is 0. The summed E-state index contributed by atoms with van der Waals surface area (Å²) in [5, 5.41) is 10.5. The molecule has 0 saturated heterocycles. The number of nitrogens with zero attached hydrogens (tertiary/aromatic N) is 1. The minimum Gasteiger partial charge on any atom is -0.497 e. The average Bonchev–Trinajstić information content (AvgIpc) is 2.46. The third-order valence-corrected chi connectivity index (χ3v) is 2.59. The summed E-state index contributed by atoms with van der Waals surface area (Å²) in [7, 11) is 1.59. The molecule has 5 heteroatoms. The number of rotatable bonds is 5. The largest absolute Gasteiger partial charge is 0.497 e. The number of non-ortho nitro benzene ring substituents is 1. The summed E-state index contributed by atoms with van der Waals surface area (Å²) in [5.74, 6) is 1.42. The molecule has 0 heterocycles. The van der Waals surface area contributed by atoms with E-state index in [2.05, 4.69) is 0 Å². The summed E-state index contributed by atoms with van der Waals surface area (Å²) in [6.45, 7) is 0.352. The van der Waals surface area contributed by atoms with Crippen LogP contribution in [0.4, 0.5) is 5.69 Å². The Bertz CT molecular complexity index is 566. The standard InChI is InChI=1S/C14H13NO4/c1-18-13-3-2-4-14(9-13)19-10-11-5-7-12(8-6-11)15(16)17/h2-9H,10H2,1H3. The van der Waals surface area contributed by atoms with E-state index in [1.54, 1.807) is 25.3 Å². The molecule has 0 bridgehead atoms. The van der Waals surface area contributed by atoms with Crippen molar-refractivity contribution < 1.29 is 14.4 Å². The Morgan fingerprint density at radius 1 is 1.11 bits per heavy atom. The maximum Gasteiger partial charge on any atom is 0.269 e. The first-order chi connectivity index (χ1) is 9.19. The van der Waals surface area contributed by atoms with Gasteiger partial charge in [0.05, 0.1) is 12.0 Å². The lowest BCUT2D eigenvalue weighted by molar-refractivity contribution is -0.384. The molecule has 0 aliphatic rings. The van der Waals surface area contributed by atoms with Crippen molar-refractivity contribution in [2.75, 3.05) is 7.11 Å². The molecule has 19 heavy (non-hydrogen) atoms. The predicted molar refractivity (Wildman–Crippen MR) is 70.4 cm³/mol. The van der Waals surface area contributed by atoms with Gasteiger partial charge in [-0.1, -0.05) is 6.07 Å². The van der Waals surface area contributed by atoms with Crippen molar-refractivity contribution in [1.29, 1.82) is 0 Å². The molecule has 0 aliphatic heterocycles. The van der Waals surface area contributed by atoms with Crippen LogP contribution < -0.4 is 9.47 Å². The molecular formula is C14H13NO4. The molecule has 0 unspecified atom stereocenters. The van der Waals surface area contributed by atoms with Crippen LogP contribution in [0.3, 0.4) is 0 Å². The van der Waals surface area contributed by atoms with E-state index in [1.165, 1.54) is 12.1 Å². The summed E-state index contributed by atoms with van der Waals surface area (Å²) in [5.41, 5.74) is 0.943. The summed E-state index contributed by atoms with van der Waals surface area (Å²) < 4.78 is 10.7. The lowest BCUT2D eigenvalue weighted by Crippen LogP contribution is -1.96. The fraction of sp³-hybridized carbons (Fsp3) is 0.143. The highest BCUT2D eigenvalue weighted by Gasteiger charge is 2.04. The Hall–Kier alpha value is -2.56. The molecule has 0 radical (unpaired) electrons. The molecule has 0 amide bonds. The topological polar surface area (TPSA) is 61.6 Å². The van der Waals surface area contributed by atoms with Crippen molar-refractivity contribution in [2.24, 2.45) is 0 Å². The molecule has 0 aromatic heterocycles. The molecule has 0 spiro atoms. The van der Waals surface area contributed by atoms with Crippen molar-refractivity contribution in [2.45, 2.75) is 6.61 Å². The fourth-order valence-electron chi connectivity index (χ4n) is 1.57. The number of methoxy groups -OCH3 is 1. The fourth-order valence-corrected chi connectivity index (χ4v) is 1.57. The third kappa shape index (κ3) is 3.45. The van der Waals surface area contributed by atoms with E-state index in [-0.39, 0.29) is 5.69 Å². The minimum atomic E-state index is -0.424. The quantitative estimate of drug-likeness (QED) is 0.611. The van der Waals surface area contributed by atoms with E-state index >= 15 is 0 Å². The van der Waals surface area contributed by atoms with Crippen molar-refractivity contribution in [3.8, 4) is 11.5 Å². The maximum atomic E-state index is 10.5. The SMILES string of the molecule is COc1cccc(OCc2ccc([N+](=O)[O-])cc2)c1. The minimum absolute atomic E-state index is 0.0742. The van der Waals surface area contributed by atoms with Crippen LogP contribution in [-0.4, -0.2) is 12.0 Å². The van der Waals surface area contributed by atoms with Gasteiger partial charge in [-0.2, -0.15) is 0 Å². The van der Waals surface area contributed by atoms with E-state index in [9.17, 15) is 10.1 Å². The number of nitro groups is 1. The van der Waals surface area contributed by atoms with E-state index in [4.69, 9.17) is 9.47 Å². The zero-order valence-corrected chi connectivity index (χ0v) is 10.4. The van der Waals surface area contributed by atoms with Crippen molar-refractivity contribution in [3.63, 3.8) is 0 Å². The third-order valence-electron chi connectivity index (χ3n) is 2.59. The molecule has 0 atom stereocenters. The van der Waals surface area contributed by atoms with E-state index in [0.717, 1.165) is 11.3 Å². The van der Waals surface area contributed by atoms with Gasteiger partial charge < -0.3 is 9.47 Å². The van der Waals surface area contributed by atoms with Crippen LogP contribution in [0.15, 0.2) is 48.5 Å². The first-order valence-corrected chi connectivity index (χ1v) is 5.69. The second-order valence-corrected chi connectivity index (χ2v) is 3.89. The van der Waals surface area contributed by atoms with E-state index < -0.39 is 4.92 Å². The maximum absolute atomic E-state index is 10.5. The molecule has 2 aromatic rings. The van der Waals surface area contributed by atoms with Gasteiger partial charge >= 0.3 is 0 Å². The summed E-state index contributed by atoms with van der Waals surface area (Å²) >= 11 is 0. The van der Waals surface area contributed by atoms with Crippen molar-refractivity contribution in [3.05, 3.63) is 64.2 Å². The zero-order chi connectivity index (χ0) is 13.7. The average molecular weight is 259 g/mol. The van der Waals surface area contributed by atoms with Crippen molar-refractivity contribution in [1.82, 2.24) is 0 Å². The van der Waals surface area contributed by atoms with Crippen LogP contribution in [0.25, 0.3) is 0 Å². The van der Waals surface area contributed by atoms with Crippen LogP contribution in [-0.2, 0) is 6.61 Å². The highest BCUT2D eigenvalue weighted by Crippen LogP contribution is 2.20. The van der Waals surface area contributed by atoms with Gasteiger partial charge in [-0.25, -0.2) is 0 Å². The van der Waals surface area contributed by atoms with Gasteiger partial charge in [0, 0.05) is 18.2 Å². The van der Waals surface area contributed by atoms with Gasteiger partial charge in [0.25, 0.3) is 5.69 Å². The summed E-state index contributed by atoms with van der Waals surface area (Å²) in [4.78, 5) is 10.1. The Morgan fingerprint density at radius 3 is 2.42 bits per heavy atom. The molecule has 0 fully saturated rings. The predicted octanol–water partition coefficient (Wildman–Crippen LogP) is 3.18. The molecule has 2 aromatic carbocycles. The Kier molecular flexibility index (Phi) is 3.97. The van der Waals surface area contributed by atoms with Gasteiger partial charge in [-0.15, -0.1) is 0 Å². The number of benzene rings is 2. The van der Waals surface area contributed by atoms with Crippen molar-refractivity contribution >= 4 is 5.69 Å². The second kappa shape index (κ2) is 5.86. The molecule has 98 valence electrons. The Morgan fingerprint density at radius 2 is 1.79 bits per heavy atom. The van der Waals surface area contributed by atoms with Crippen LogP contribution >= 0.6 is 0 Å². The molecule has 2 rings (SSSR count). The number of nitro benzene ring substituents is 1. The second-order valence-electron chi connectivity index (χ2n) is 3.89. The lowest BCUT2D eigenvalue weighted by Gasteiger charge is -2.07. The first kappa shape index (κ1) is 12.9. The normalized spacial score (nSPS) is 9.95. The first-order valence-electron chi connectivity index (χ1n) is 5.69. The Balaban J connectivity index is 1.99. The van der Waals surface area contributed by atoms with Gasteiger partial charge in [0.2, 0.25) is 0 Å².